The average molecular weight is 317 g/mol. The lowest BCUT2D eigenvalue weighted by molar-refractivity contribution is 0.0908. The van der Waals surface area contributed by atoms with Crippen molar-refractivity contribution in [2.45, 2.75) is 38.6 Å². The summed E-state index contributed by atoms with van der Waals surface area (Å²) in [5, 5.41) is 3.74. The Hall–Kier alpha value is -0.770. The number of amides is 1. The largest absolute Gasteiger partial charge is 0.349 e. The van der Waals surface area contributed by atoms with Crippen LogP contribution in [0.4, 0.5) is 0 Å². The van der Waals surface area contributed by atoms with Crippen molar-refractivity contribution in [3.8, 4) is 0 Å². The molecule has 0 aliphatic heterocycles. The van der Waals surface area contributed by atoms with Gasteiger partial charge in [0, 0.05) is 16.6 Å². The number of nitrogens with one attached hydrogen (secondary N) is 1. The molecule has 2 unspecified atom stereocenters. The minimum absolute atomic E-state index is 0. The van der Waals surface area contributed by atoms with E-state index >= 15 is 0 Å². The van der Waals surface area contributed by atoms with Crippen molar-refractivity contribution in [3.05, 3.63) is 34.3 Å². The fraction of sp³-hybridized carbons (Fsp3) is 0.533. The van der Waals surface area contributed by atoms with Gasteiger partial charge in [0.15, 0.2) is 0 Å². The zero-order chi connectivity index (χ0) is 13.8. The molecule has 0 saturated heterocycles. The Labute approximate surface area is 131 Å². The van der Waals surface area contributed by atoms with Crippen LogP contribution < -0.4 is 11.1 Å². The normalized spacial score (nSPS) is 21.9. The van der Waals surface area contributed by atoms with Gasteiger partial charge in [0.2, 0.25) is 0 Å². The minimum Gasteiger partial charge on any atom is -0.349 e. The Balaban J connectivity index is 0.00000200. The highest BCUT2D eigenvalue weighted by molar-refractivity contribution is 6.31. The standard InChI is InChI=1S/C15H21ClN2O.ClH/c1-10-6-7-11(8-13(10)16)15(19)18-14-5-3-2-4-12(14)9-17;/h6-8,12,14H,2-5,9,17H2,1H3,(H,18,19);1H. The van der Waals surface area contributed by atoms with E-state index in [9.17, 15) is 4.79 Å². The summed E-state index contributed by atoms with van der Waals surface area (Å²) in [5.74, 6) is 0.353. The summed E-state index contributed by atoms with van der Waals surface area (Å²) < 4.78 is 0. The van der Waals surface area contributed by atoms with Crippen LogP contribution in [0.25, 0.3) is 0 Å². The van der Waals surface area contributed by atoms with Crippen LogP contribution in [0.1, 0.15) is 41.6 Å². The molecule has 1 amide bonds. The van der Waals surface area contributed by atoms with E-state index in [1.165, 1.54) is 6.42 Å². The number of nitrogens with two attached hydrogens (primary N) is 1. The monoisotopic (exact) mass is 316 g/mol. The van der Waals surface area contributed by atoms with Crippen LogP contribution in [0.15, 0.2) is 18.2 Å². The van der Waals surface area contributed by atoms with Crippen LogP contribution in [0.2, 0.25) is 5.02 Å². The molecule has 3 nitrogen and oxygen atoms in total. The molecule has 0 spiro atoms. The van der Waals surface area contributed by atoms with Gasteiger partial charge < -0.3 is 11.1 Å². The molecule has 0 radical (unpaired) electrons. The predicted molar refractivity (Wildman–Crippen MR) is 85.7 cm³/mol. The number of hydrogen-bond acceptors (Lipinski definition) is 2. The van der Waals surface area contributed by atoms with Crippen molar-refractivity contribution in [1.82, 2.24) is 5.32 Å². The number of benzene rings is 1. The Morgan fingerprint density at radius 3 is 2.75 bits per heavy atom. The molecule has 1 aliphatic carbocycles. The third-order valence-electron chi connectivity index (χ3n) is 3.96. The third-order valence-corrected chi connectivity index (χ3v) is 4.37. The second kappa shape index (κ2) is 7.87. The SMILES string of the molecule is Cc1ccc(C(=O)NC2CCCCC2CN)cc1Cl.Cl. The first kappa shape index (κ1) is 17.3. The Morgan fingerprint density at radius 1 is 1.40 bits per heavy atom. The van der Waals surface area contributed by atoms with Gasteiger partial charge in [-0.2, -0.15) is 0 Å². The first-order chi connectivity index (χ1) is 9.11. The molecule has 1 saturated carbocycles. The Kier molecular flexibility index (Phi) is 6.80. The quantitative estimate of drug-likeness (QED) is 0.898. The molecule has 1 aromatic carbocycles. The molecule has 0 heterocycles. The van der Waals surface area contributed by atoms with Crippen LogP contribution in [0.5, 0.6) is 0 Å². The molecule has 1 aromatic rings. The van der Waals surface area contributed by atoms with Crippen molar-refractivity contribution in [2.75, 3.05) is 6.54 Å². The maximum atomic E-state index is 12.2. The second-order valence-corrected chi connectivity index (χ2v) is 5.73. The zero-order valence-corrected chi connectivity index (χ0v) is 13.3. The molecule has 112 valence electrons. The molecule has 2 rings (SSSR count). The molecule has 3 N–H and O–H groups in total. The zero-order valence-electron chi connectivity index (χ0n) is 11.7. The van der Waals surface area contributed by atoms with E-state index in [2.05, 4.69) is 5.32 Å². The van der Waals surface area contributed by atoms with Gasteiger partial charge >= 0.3 is 0 Å². The Bertz CT molecular complexity index is 465. The fourth-order valence-corrected chi connectivity index (χ4v) is 2.85. The summed E-state index contributed by atoms with van der Waals surface area (Å²) in [6.45, 7) is 2.56. The first-order valence-corrected chi connectivity index (χ1v) is 7.26. The van der Waals surface area contributed by atoms with Gasteiger partial charge in [0.25, 0.3) is 5.91 Å². The molecule has 0 aromatic heterocycles. The Morgan fingerprint density at radius 2 is 2.10 bits per heavy atom. The highest BCUT2D eigenvalue weighted by Gasteiger charge is 2.25. The van der Waals surface area contributed by atoms with E-state index in [0.29, 0.717) is 23.0 Å². The lowest BCUT2D eigenvalue weighted by atomic mass is 9.84. The van der Waals surface area contributed by atoms with Crippen molar-refractivity contribution < 1.29 is 4.79 Å². The van der Waals surface area contributed by atoms with Gasteiger partial charge in [-0.25, -0.2) is 0 Å². The summed E-state index contributed by atoms with van der Waals surface area (Å²) in [5.41, 5.74) is 7.38. The summed E-state index contributed by atoms with van der Waals surface area (Å²) in [6.07, 6.45) is 4.50. The highest BCUT2D eigenvalue weighted by atomic mass is 35.5. The van der Waals surface area contributed by atoms with Gasteiger partial charge in [-0.1, -0.05) is 30.5 Å². The van der Waals surface area contributed by atoms with Gasteiger partial charge in [-0.3, -0.25) is 4.79 Å². The van der Waals surface area contributed by atoms with Crippen LogP contribution in [0.3, 0.4) is 0 Å². The lowest BCUT2D eigenvalue weighted by Gasteiger charge is -2.31. The molecule has 1 fully saturated rings. The van der Waals surface area contributed by atoms with Gasteiger partial charge in [0.05, 0.1) is 0 Å². The molecule has 5 heteroatoms. The number of rotatable bonds is 3. The number of carbonyl (C=O) groups is 1. The molecular weight excluding hydrogens is 295 g/mol. The van der Waals surface area contributed by atoms with Crippen molar-refractivity contribution >= 4 is 29.9 Å². The topological polar surface area (TPSA) is 55.1 Å². The van der Waals surface area contributed by atoms with E-state index in [4.69, 9.17) is 17.3 Å². The molecule has 0 bridgehead atoms. The summed E-state index contributed by atoms with van der Waals surface area (Å²) in [7, 11) is 0. The smallest absolute Gasteiger partial charge is 0.251 e. The summed E-state index contributed by atoms with van der Waals surface area (Å²) >= 11 is 6.06. The number of hydrogen-bond donors (Lipinski definition) is 2. The number of halogens is 2. The number of aryl methyl sites for hydroxylation is 1. The summed E-state index contributed by atoms with van der Waals surface area (Å²) in [6, 6.07) is 5.62. The van der Waals surface area contributed by atoms with Crippen LogP contribution in [0, 0.1) is 12.8 Å². The van der Waals surface area contributed by atoms with Crippen LogP contribution in [-0.4, -0.2) is 18.5 Å². The van der Waals surface area contributed by atoms with E-state index in [-0.39, 0.29) is 24.4 Å². The van der Waals surface area contributed by atoms with Crippen molar-refractivity contribution in [3.63, 3.8) is 0 Å². The maximum absolute atomic E-state index is 12.2. The van der Waals surface area contributed by atoms with E-state index < -0.39 is 0 Å². The van der Waals surface area contributed by atoms with Gasteiger partial charge in [-0.15, -0.1) is 12.4 Å². The van der Waals surface area contributed by atoms with E-state index in [0.717, 1.165) is 24.8 Å². The third kappa shape index (κ3) is 4.11. The fourth-order valence-electron chi connectivity index (χ4n) is 2.67. The maximum Gasteiger partial charge on any atom is 0.251 e. The first-order valence-electron chi connectivity index (χ1n) is 6.89. The minimum atomic E-state index is -0.0488. The summed E-state index contributed by atoms with van der Waals surface area (Å²) in [4.78, 5) is 12.2. The van der Waals surface area contributed by atoms with Crippen molar-refractivity contribution in [1.29, 1.82) is 0 Å². The van der Waals surface area contributed by atoms with Crippen LogP contribution >= 0.6 is 24.0 Å². The van der Waals surface area contributed by atoms with Crippen LogP contribution in [-0.2, 0) is 0 Å². The van der Waals surface area contributed by atoms with Gasteiger partial charge in [-0.05, 0) is 49.9 Å². The molecular formula is C15H22Cl2N2O. The van der Waals surface area contributed by atoms with E-state index in [1.807, 2.05) is 19.1 Å². The van der Waals surface area contributed by atoms with E-state index in [1.54, 1.807) is 6.07 Å². The second-order valence-electron chi connectivity index (χ2n) is 5.32. The molecule has 1 aliphatic rings. The number of carbonyl (C=O) groups excluding carboxylic acids is 1. The highest BCUT2D eigenvalue weighted by Crippen LogP contribution is 2.24. The lowest BCUT2D eigenvalue weighted by Crippen LogP contribution is -2.44. The molecule has 2 atom stereocenters. The van der Waals surface area contributed by atoms with Gasteiger partial charge in [0.1, 0.15) is 0 Å². The molecule has 20 heavy (non-hydrogen) atoms. The van der Waals surface area contributed by atoms with Crippen molar-refractivity contribution in [2.24, 2.45) is 11.7 Å². The average Bonchev–Trinajstić information content (AvgIpc) is 2.42. The predicted octanol–water partition coefficient (Wildman–Crippen LogP) is 3.32.